The van der Waals surface area contributed by atoms with Gasteiger partial charge in [-0.15, -0.1) is 0 Å². The zero-order chi connectivity index (χ0) is 15.2. The number of carbonyl (C=O) groups excluding carboxylic acids is 1. The van der Waals surface area contributed by atoms with Crippen molar-refractivity contribution in [2.45, 2.75) is 6.92 Å². The molecule has 1 N–H and O–H groups in total. The van der Waals surface area contributed by atoms with E-state index in [0.717, 1.165) is 16.9 Å². The molecule has 108 valence electrons. The largest absolute Gasteiger partial charge is 0.465 e. The fraction of sp³-hybridized carbons (Fsp3) is 0.188. The molecular weight excluding hydrogens is 266 g/mol. The summed E-state index contributed by atoms with van der Waals surface area (Å²) in [6.45, 7) is 2.01. The fourth-order valence-electron chi connectivity index (χ4n) is 1.89. The van der Waals surface area contributed by atoms with E-state index in [1.165, 1.54) is 7.11 Å². The van der Waals surface area contributed by atoms with Gasteiger partial charge in [-0.05, 0) is 55.0 Å². The molecule has 5 heteroatoms. The lowest BCUT2D eigenvalue weighted by atomic mass is 10.2. The molecule has 0 amide bonds. The summed E-state index contributed by atoms with van der Waals surface area (Å²) in [5, 5.41) is 11.4. The second kappa shape index (κ2) is 6.65. The van der Waals surface area contributed by atoms with Gasteiger partial charge in [-0.2, -0.15) is 10.2 Å². The second-order valence-corrected chi connectivity index (χ2v) is 4.49. The minimum absolute atomic E-state index is 0.364. The molecule has 0 aromatic heterocycles. The Kier molecular flexibility index (Phi) is 4.66. The van der Waals surface area contributed by atoms with Gasteiger partial charge in [-0.25, -0.2) is 4.79 Å². The Morgan fingerprint density at radius 3 is 2.24 bits per heavy atom. The molecule has 21 heavy (non-hydrogen) atoms. The van der Waals surface area contributed by atoms with Crippen molar-refractivity contribution in [3.05, 3.63) is 53.6 Å². The van der Waals surface area contributed by atoms with Crippen LogP contribution in [0.4, 0.5) is 17.1 Å². The molecule has 0 radical (unpaired) electrons. The van der Waals surface area contributed by atoms with Crippen LogP contribution in [0.3, 0.4) is 0 Å². The molecule has 5 nitrogen and oxygen atoms in total. The van der Waals surface area contributed by atoms with Crippen molar-refractivity contribution in [1.82, 2.24) is 0 Å². The highest BCUT2D eigenvalue weighted by Crippen LogP contribution is 2.23. The van der Waals surface area contributed by atoms with Crippen LogP contribution in [0.15, 0.2) is 52.7 Å². The predicted molar refractivity (Wildman–Crippen MR) is 82.7 cm³/mol. The van der Waals surface area contributed by atoms with Crippen molar-refractivity contribution >= 4 is 23.0 Å². The maximum Gasteiger partial charge on any atom is 0.337 e. The number of carbonyl (C=O) groups is 1. The van der Waals surface area contributed by atoms with E-state index in [4.69, 9.17) is 0 Å². The van der Waals surface area contributed by atoms with Gasteiger partial charge in [0, 0.05) is 12.7 Å². The second-order valence-electron chi connectivity index (χ2n) is 4.49. The molecule has 0 saturated carbocycles. The number of benzene rings is 2. The van der Waals surface area contributed by atoms with Gasteiger partial charge in [0.25, 0.3) is 0 Å². The van der Waals surface area contributed by atoms with E-state index in [-0.39, 0.29) is 5.97 Å². The van der Waals surface area contributed by atoms with E-state index in [1.54, 1.807) is 24.3 Å². The molecule has 2 aromatic carbocycles. The summed E-state index contributed by atoms with van der Waals surface area (Å²) in [4.78, 5) is 11.3. The number of hydrogen-bond acceptors (Lipinski definition) is 5. The van der Waals surface area contributed by atoms with Crippen LogP contribution in [0.5, 0.6) is 0 Å². The molecule has 0 aliphatic heterocycles. The Morgan fingerprint density at radius 1 is 1.05 bits per heavy atom. The van der Waals surface area contributed by atoms with Crippen LogP contribution in [0.2, 0.25) is 0 Å². The third-order valence-electron chi connectivity index (χ3n) is 3.05. The highest BCUT2D eigenvalue weighted by molar-refractivity contribution is 5.89. The number of rotatable bonds is 4. The summed E-state index contributed by atoms with van der Waals surface area (Å²) in [6.07, 6.45) is 0. The third-order valence-corrected chi connectivity index (χ3v) is 3.05. The summed E-state index contributed by atoms with van der Waals surface area (Å²) >= 11 is 0. The van der Waals surface area contributed by atoms with Crippen molar-refractivity contribution in [3.63, 3.8) is 0 Å². The minimum Gasteiger partial charge on any atom is -0.465 e. The van der Waals surface area contributed by atoms with Gasteiger partial charge in [-0.3, -0.25) is 0 Å². The van der Waals surface area contributed by atoms with Crippen LogP contribution in [-0.4, -0.2) is 20.1 Å². The van der Waals surface area contributed by atoms with Gasteiger partial charge < -0.3 is 10.1 Å². The Hall–Kier alpha value is -2.69. The van der Waals surface area contributed by atoms with Crippen molar-refractivity contribution in [2.75, 3.05) is 19.5 Å². The molecule has 2 aromatic rings. The molecule has 2 rings (SSSR count). The number of aryl methyl sites for hydroxylation is 1. The summed E-state index contributed by atoms with van der Waals surface area (Å²) in [6, 6.07) is 12.6. The van der Waals surface area contributed by atoms with Gasteiger partial charge in [0.2, 0.25) is 0 Å². The van der Waals surface area contributed by atoms with Crippen molar-refractivity contribution in [2.24, 2.45) is 10.2 Å². The van der Waals surface area contributed by atoms with Gasteiger partial charge in [0.1, 0.15) is 0 Å². The lowest BCUT2D eigenvalue weighted by molar-refractivity contribution is 0.0601. The first kappa shape index (κ1) is 14.7. The summed E-state index contributed by atoms with van der Waals surface area (Å²) < 4.78 is 4.64. The normalized spacial score (nSPS) is 10.6. The Balaban J connectivity index is 2.14. The number of azo groups is 1. The number of esters is 1. The molecular formula is C16H17N3O2. The van der Waals surface area contributed by atoms with Crippen LogP contribution in [-0.2, 0) is 4.74 Å². The standard InChI is InChI=1S/C16H17N3O2/c1-11-10-14(8-9-15(11)17-2)19-18-13-6-4-12(5-7-13)16(20)21-3/h4-10,17H,1-3H3. The highest BCUT2D eigenvalue weighted by Gasteiger charge is 2.03. The maximum atomic E-state index is 11.3. The van der Waals surface area contributed by atoms with Crippen LogP contribution >= 0.6 is 0 Å². The molecule has 0 spiro atoms. The topological polar surface area (TPSA) is 63.0 Å². The number of anilines is 1. The monoisotopic (exact) mass is 283 g/mol. The molecule has 0 unspecified atom stereocenters. The molecule has 0 aliphatic carbocycles. The van der Waals surface area contributed by atoms with Crippen LogP contribution < -0.4 is 5.32 Å². The van der Waals surface area contributed by atoms with Gasteiger partial charge in [0.05, 0.1) is 24.0 Å². The van der Waals surface area contributed by atoms with E-state index in [2.05, 4.69) is 20.3 Å². The SMILES string of the molecule is CNc1ccc(N=Nc2ccc(C(=O)OC)cc2)cc1C. The molecule has 0 aliphatic rings. The van der Waals surface area contributed by atoms with Gasteiger partial charge in [-0.1, -0.05) is 0 Å². The molecule has 0 saturated heterocycles. The van der Waals surface area contributed by atoms with Gasteiger partial charge >= 0.3 is 5.97 Å². The summed E-state index contributed by atoms with van der Waals surface area (Å²) in [5.41, 5.74) is 4.12. The zero-order valence-corrected chi connectivity index (χ0v) is 12.3. The number of nitrogens with one attached hydrogen (secondary N) is 1. The van der Waals surface area contributed by atoms with E-state index >= 15 is 0 Å². The minimum atomic E-state index is -0.364. The number of ether oxygens (including phenoxy) is 1. The van der Waals surface area contributed by atoms with Crippen molar-refractivity contribution in [1.29, 1.82) is 0 Å². The summed E-state index contributed by atoms with van der Waals surface area (Å²) in [5.74, 6) is -0.364. The fourth-order valence-corrected chi connectivity index (χ4v) is 1.89. The molecule has 0 heterocycles. The Morgan fingerprint density at radius 2 is 1.67 bits per heavy atom. The number of hydrogen-bond donors (Lipinski definition) is 1. The first-order valence-electron chi connectivity index (χ1n) is 6.52. The van der Waals surface area contributed by atoms with Crippen LogP contribution in [0, 0.1) is 6.92 Å². The average molecular weight is 283 g/mol. The maximum absolute atomic E-state index is 11.3. The highest BCUT2D eigenvalue weighted by atomic mass is 16.5. The number of methoxy groups -OCH3 is 1. The lowest BCUT2D eigenvalue weighted by Crippen LogP contribution is -1.99. The lowest BCUT2D eigenvalue weighted by Gasteiger charge is -2.04. The van der Waals surface area contributed by atoms with Crippen LogP contribution in [0.25, 0.3) is 0 Å². The third kappa shape index (κ3) is 3.66. The molecule has 0 atom stereocenters. The first-order chi connectivity index (χ1) is 10.1. The number of nitrogens with zero attached hydrogens (tertiary/aromatic N) is 2. The first-order valence-corrected chi connectivity index (χ1v) is 6.52. The van der Waals surface area contributed by atoms with E-state index in [9.17, 15) is 4.79 Å². The van der Waals surface area contributed by atoms with E-state index < -0.39 is 0 Å². The predicted octanol–water partition coefficient (Wildman–Crippen LogP) is 4.24. The molecule has 0 fully saturated rings. The Labute approximate surface area is 123 Å². The molecule has 0 bridgehead atoms. The zero-order valence-electron chi connectivity index (χ0n) is 12.3. The summed E-state index contributed by atoms with van der Waals surface area (Å²) in [7, 11) is 3.24. The van der Waals surface area contributed by atoms with Crippen LogP contribution in [0.1, 0.15) is 15.9 Å². The van der Waals surface area contributed by atoms with E-state index in [1.807, 2.05) is 32.2 Å². The van der Waals surface area contributed by atoms with E-state index in [0.29, 0.717) is 11.3 Å². The Bertz CT molecular complexity index is 664. The average Bonchev–Trinajstić information content (AvgIpc) is 2.52. The smallest absolute Gasteiger partial charge is 0.337 e. The van der Waals surface area contributed by atoms with Crippen molar-refractivity contribution < 1.29 is 9.53 Å². The van der Waals surface area contributed by atoms with Gasteiger partial charge in [0.15, 0.2) is 0 Å². The quantitative estimate of drug-likeness (QED) is 0.674. The van der Waals surface area contributed by atoms with Crippen molar-refractivity contribution in [3.8, 4) is 0 Å².